The molecule has 0 aliphatic heterocycles. The Morgan fingerprint density at radius 3 is 2.41 bits per heavy atom. The number of hydrazine groups is 1. The maximum atomic E-state index is 12.6. The van der Waals surface area contributed by atoms with Gasteiger partial charge in [-0.2, -0.15) is 0 Å². The Balaban J connectivity index is 1.39. The van der Waals surface area contributed by atoms with Crippen molar-refractivity contribution in [2.45, 2.75) is 6.61 Å². The molecule has 0 saturated heterocycles. The van der Waals surface area contributed by atoms with E-state index in [9.17, 15) is 9.59 Å². The summed E-state index contributed by atoms with van der Waals surface area (Å²) in [7, 11) is 1.54. The summed E-state index contributed by atoms with van der Waals surface area (Å²) in [5.74, 6) is -0.430. The fraction of sp³-hybridized carbons (Fsp3) is 0.120. The molecule has 7 nitrogen and oxygen atoms in total. The first-order chi connectivity index (χ1) is 15.7. The summed E-state index contributed by atoms with van der Waals surface area (Å²) in [6.07, 6.45) is 0. The molecule has 0 saturated carbocycles. The zero-order valence-corrected chi connectivity index (χ0v) is 17.5. The van der Waals surface area contributed by atoms with Crippen molar-refractivity contribution < 1.29 is 23.5 Å². The van der Waals surface area contributed by atoms with Gasteiger partial charge in [0, 0.05) is 23.6 Å². The SMILES string of the molecule is COCc1c(C(=O)NNC(=O)COc2ccccc2-c2ccccc2)oc2ccccc12. The van der Waals surface area contributed by atoms with Crippen LogP contribution in [0.25, 0.3) is 22.1 Å². The zero-order valence-electron chi connectivity index (χ0n) is 17.5. The number of carbonyl (C=O) groups excluding carboxylic acids is 2. The second-order valence-electron chi connectivity index (χ2n) is 6.99. The van der Waals surface area contributed by atoms with Crippen LogP contribution in [-0.2, 0) is 16.1 Å². The van der Waals surface area contributed by atoms with Crippen LogP contribution >= 0.6 is 0 Å². The normalized spacial score (nSPS) is 10.7. The highest BCUT2D eigenvalue weighted by Crippen LogP contribution is 2.29. The van der Waals surface area contributed by atoms with Crippen molar-refractivity contribution in [3.63, 3.8) is 0 Å². The van der Waals surface area contributed by atoms with Gasteiger partial charge in [-0.3, -0.25) is 20.4 Å². The summed E-state index contributed by atoms with van der Waals surface area (Å²) >= 11 is 0. The molecule has 2 amide bonds. The number of amides is 2. The minimum Gasteiger partial charge on any atom is -0.483 e. The number of hydrogen-bond donors (Lipinski definition) is 2. The van der Waals surface area contributed by atoms with Gasteiger partial charge in [0.15, 0.2) is 12.4 Å². The summed E-state index contributed by atoms with van der Waals surface area (Å²) < 4.78 is 16.6. The standard InChI is InChI=1S/C25H22N2O5/c1-30-15-20-19-12-6-8-14-22(19)32-24(20)25(29)27-26-23(28)16-31-21-13-7-5-11-18(21)17-9-3-2-4-10-17/h2-14H,15-16H2,1H3,(H,26,28)(H,27,29). The molecule has 7 heteroatoms. The quantitative estimate of drug-likeness (QED) is 0.431. The van der Waals surface area contributed by atoms with Crippen LogP contribution < -0.4 is 15.6 Å². The smallest absolute Gasteiger partial charge is 0.305 e. The molecular weight excluding hydrogens is 408 g/mol. The Labute approximate surface area is 184 Å². The molecule has 0 spiro atoms. The Hall–Kier alpha value is -4.10. The monoisotopic (exact) mass is 430 g/mol. The first kappa shape index (κ1) is 21.1. The highest BCUT2D eigenvalue weighted by molar-refractivity contribution is 5.99. The van der Waals surface area contributed by atoms with E-state index in [1.54, 1.807) is 12.1 Å². The molecule has 0 aliphatic carbocycles. The predicted molar refractivity (Wildman–Crippen MR) is 120 cm³/mol. The number of nitrogens with one attached hydrogen (secondary N) is 2. The number of para-hydroxylation sites is 2. The molecule has 0 unspecified atom stereocenters. The molecule has 1 aromatic heterocycles. The molecule has 4 aromatic rings. The van der Waals surface area contributed by atoms with E-state index in [2.05, 4.69) is 10.9 Å². The number of ether oxygens (including phenoxy) is 2. The van der Waals surface area contributed by atoms with Crippen LogP contribution in [0.5, 0.6) is 5.75 Å². The van der Waals surface area contributed by atoms with Gasteiger partial charge in [0.2, 0.25) is 0 Å². The van der Waals surface area contributed by atoms with Crippen LogP contribution in [-0.4, -0.2) is 25.5 Å². The van der Waals surface area contributed by atoms with Crippen molar-refractivity contribution in [1.29, 1.82) is 0 Å². The van der Waals surface area contributed by atoms with Crippen molar-refractivity contribution >= 4 is 22.8 Å². The van der Waals surface area contributed by atoms with Gasteiger partial charge in [0.05, 0.1) is 6.61 Å². The van der Waals surface area contributed by atoms with Gasteiger partial charge in [-0.1, -0.05) is 66.7 Å². The van der Waals surface area contributed by atoms with Gasteiger partial charge in [0.1, 0.15) is 11.3 Å². The van der Waals surface area contributed by atoms with Gasteiger partial charge in [-0.05, 0) is 17.7 Å². The Morgan fingerprint density at radius 1 is 0.875 bits per heavy atom. The minimum atomic E-state index is -0.578. The highest BCUT2D eigenvalue weighted by Gasteiger charge is 2.21. The van der Waals surface area contributed by atoms with Crippen molar-refractivity contribution in [3.05, 3.63) is 90.2 Å². The summed E-state index contributed by atoms with van der Waals surface area (Å²) in [5.41, 5.74) is 7.76. The maximum Gasteiger partial charge on any atom is 0.305 e. The lowest BCUT2D eigenvalue weighted by molar-refractivity contribution is -0.123. The molecule has 4 rings (SSSR count). The summed E-state index contributed by atoms with van der Waals surface area (Å²) in [5, 5.41) is 0.784. The third kappa shape index (κ3) is 4.63. The lowest BCUT2D eigenvalue weighted by atomic mass is 10.1. The van der Waals surface area contributed by atoms with Gasteiger partial charge >= 0.3 is 5.91 Å². The average Bonchev–Trinajstić information content (AvgIpc) is 3.21. The predicted octanol–water partition coefficient (Wildman–Crippen LogP) is 4.09. The molecule has 1 heterocycles. The minimum absolute atomic E-state index is 0.0868. The number of furan rings is 1. The average molecular weight is 430 g/mol. The number of rotatable bonds is 7. The maximum absolute atomic E-state index is 12.6. The molecule has 0 atom stereocenters. The van der Waals surface area contributed by atoms with E-state index in [4.69, 9.17) is 13.9 Å². The van der Waals surface area contributed by atoms with E-state index in [0.29, 0.717) is 16.9 Å². The highest BCUT2D eigenvalue weighted by atomic mass is 16.5. The van der Waals surface area contributed by atoms with E-state index in [1.807, 2.05) is 66.7 Å². The molecule has 2 N–H and O–H groups in total. The summed E-state index contributed by atoms with van der Waals surface area (Å²) in [4.78, 5) is 24.9. The molecule has 0 aliphatic rings. The molecule has 0 bridgehead atoms. The first-order valence-corrected chi connectivity index (χ1v) is 10.0. The van der Waals surface area contributed by atoms with Gasteiger partial charge in [0.25, 0.3) is 5.91 Å². The summed E-state index contributed by atoms with van der Waals surface area (Å²) in [6.45, 7) is -0.0672. The molecule has 0 radical (unpaired) electrons. The fourth-order valence-corrected chi connectivity index (χ4v) is 3.38. The Kier molecular flexibility index (Phi) is 6.48. The second kappa shape index (κ2) is 9.80. The molecule has 3 aromatic carbocycles. The van der Waals surface area contributed by atoms with E-state index in [0.717, 1.165) is 16.5 Å². The topological polar surface area (TPSA) is 89.8 Å². The number of fused-ring (bicyclic) bond motifs is 1. The van der Waals surface area contributed by atoms with Crippen LogP contribution in [0.2, 0.25) is 0 Å². The summed E-state index contributed by atoms with van der Waals surface area (Å²) in [6, 6.07) is 24.5. The van der Waals surface area contributed by atoms with Crippen molar-refractivity contribution in [2.24, 2.45) is 0 Å². The number of benzene rings is 3. The Morgan fingerprint density at radius 2 is 1.59 bits per heavy atom. The molecule has 162 valence electrons. The van der Waals surface area contributed by atoms with Crippen LogP contribution in [0, 0.1) is 0 Å². The first-order valence-electron chi connectivity index (χ1n) is 10.0. The van der Waals surface area contributed by atoms with Gasteiger partial charge in [-0.25, -0.2) is 0 Å². The number of carbonyl (C=O) groups is 2. The molecule has 0 fully saturated rings. The third-order valence-electron chi connectivity index (χ3n) is 4.84. The largest absolute Gasteiger partial charge is 0.483 e. The van der Waals surface area contributed by atoms with Crippen LogP contribution in [0.3, 0.4) is 0 Å². The zero-order chi connectivity index (χ0) is 22.3. The van der Waals surface area contributed by atoms with Gasteiger partial charge in [-0.15, -0.1) is 0 Å². The number of hydrogen-bond acceptors (Lipinski definition) is 5. The lowest BCUT2D eigenvalue weighted by Gasteiger charge is -2.12. The van der Waals surface area contributed by atoms with E-state index in [1.165, 1.54) is 7.11 Å². The second-order valence-corrected chi connectivity index (χ2v) is 6.99. The van der Waals surface area contributed by atoms with Crippen molar-refractivity contribution in [1.82, 2.24) is 10.9 Å². The van der Waals surface area contributed by atoms with Gasteiger partial charge < -0.3 is 13.9 Å². The molecular formula is C25H22N2O5. The fourth-order valence-electron chi connectivity index (χ4n) is 3.38. The van der Waals surface area contributed by atoms with Crippen LogP contribution in [0.1, 0.15) is 16.1 Å². The van der Waals surface area contributed by atoms with Crippen molar-refractivity contribution in [3.8, 4) is 16.9 Å². The van der Waals surface area contributed by atoms with E-state index in [-0.39, 0.29) is 19.0 Å². The molecule has 32 heavy (non-hydrogen) atoms. The van der Waals surface area contributed by atoms with E-state index < -0.39 is 11.8 Å². The lowest BCUT2D eigenvalue weighted by Crippen LogP contribution is -2.44. The van der Waals surface area contributed by atoms with Crippen LogP contribution in [0.4, 0.5) is 0 Å². The van der Waals surface area contributed by atoms with Crippen molar-refractivity contribution in [2.75, 3.05) is 13.7 Å². The van der Waals surface area contributed by atoms with Crippen LogP contribution in [0.15, 0.2) is 83.3 Å². The van der Waals surface area contributed by atoms with E-state index >= 15 is 0 Å². The number of methoxy groups -OCH3 is 1. The Bertz CT molecular complexity index is 1230. The third-order valence-corrected chi connectivity index (χ3v) is 4.84.